The van der Waals surface area contributed by atoms with Crippen LogP contribution in [-0.2, 0) is 17.8 Å². The number of carbonyl (C=O) groups is 1. The summed E-state index contributed by atoms with van der Waals surface area (Å²) in [7, 11) is 0. The van der Waals surface area contributed by atoms with Gasteiger partial charge in [-0.25, -0.2) is 0 Å². The van der Waals surface area contributed by atoms with E-state index in [-0.39, 0.29) is 16.9 Å². The Hall–Kier alpha value is -3.67. The second-order valence-corrected chi connectivity index (χ2v) is 9.83. The lowest BCUT2D eigenvalue weighted by Crippen LogP contribution is -2.31. The molecule has 2 aromatic carbocycles. The van der Waals surface area contributed by atoms with Gasteiger partial charge in [0.1, 0.15) is 41.4 Å². The summed E-state index contributed by atoms with van der Waals surface area (Å²) in [6.45, 7) is 6.59. The van der Waals surface area contributed by atoms with E-state index in [0.29, 0.717) is 42.2 Å². The van der Waals surface area contributed by atoms with Crippen molar-refractivity contribution in [3.8, 4) is 11.5 Å². The smallest absolute Gasteiger partial charge is 0.163 e. The number of fused-ring (bicyclic) bond motifs is 1. The molecule has 0 saturated heterocycles. The molecule has 1 aliphatic carbocycles. The normalized spacial score (nSPS) is 18.9. The third-order valence-electron chi connectivity index (χ3n) is 6.51. The molecule has 3 N–H and O–H groups in total. The Morgan fingerprint density at radius 3 is 2.65 bits per heavy atom. The molecule has 1 aliphatic heterocycles. The summed E-state index contributed by atoms with van der Waals surface area (Å²) >= 11 is 0. The molecular formula is C28H30N2O4. The molecule has 1 aromatic heterocycles. The van der Waals surface area contributed by atoms with Crippen LogP contribution in [0.4, 0.5) is 11.4 Å². The molecule has 1 atom stereocenters. The van der Waals surface area contributed by atoms with Gasteiger partial charge in [-0.3, -0.25) is 4.79 Å². The van der Waals surface area contributed by atoms with Crippen LogP contribution in [0.3, 0.4) is 0 Å². The zero-order chi connectivity index (χ0) is 23.9. The predicted molar refractivity (Wildman–Crippen MR) is 132 cm³/mol. The highest BCUT2D eigenvalue weighted by Crippen LogP contribution is 2.47. The summed E-state index contributed by atoms with van der Waals surface area (Å²) in [6.07, 6.45) is 2.14. The van der Waals surface area contributed by atoms with Gasteiger partial charge in [-0.2, -0.15) is 0 Å². The number of para-hydroxylation sites is 1. The fourth-order valence-corrected chi connectivity index (χ4v) is 4.77. The van der Waals surface area contributed by atoms with Crippen LogP contribution in [0, 0.1) is 5.41 Å². The molecule has 2 aliphatic rings. The SMILES string of the molecule is CCc1ccc(OCc2ccc(C3Nc4cccc(O)c4NC4=C3C(=O)CC(C)(C)C4)o2)cc1. The first-order valence-corrected chi connectivity index (χ1v) is 11.7. The van der Waals surface area contributed by atoms with Crippen LogP contribution in [0.25, 0.3) is 0 Å². The zero-order valence-electron chi connectivity index (χ0n) is 19.8. The highest BCUT2D eigenvalue weighted by Gasteiger charge is 2.40. The minimum Gasteiger partial charge on any atom is -0.506 e. The van der Waals surface area contributed by atoms with Gasteiger partial charge in [-0.15, -0.1) is 0 Å². The maximum Gasteiger partial charge on any atom is 0.163 e. The molecule has 0 saturated carbocycles. The van der Waals surface area contributed by atoms with Gasteiger partial charge in [0.25, 0.3) is 0 Å². The molecule has 2 heterocycles. The number of hydrogen-bond acceptors (Lipinski definition) is 6. The standard InChI is InChI=1S/C28H30N2O4/c1-4-17-8-10-18(11-9-17)33-16-19-12-13-24(34-19)27-25-21(14-28(2,3)15-23(25)32)30-26-20(29-27)6-5-7-22(26)31/h5-13,27,29-31H,4,14-16H2,1-3H3. The number of furan rings is 1. The summed E-state index contributed by atoms with van der Waals surface area (Å²) < 4.78 is 12.1. The van der Waals surface area contributed by atoms with Crippen LogP contribution in [0.2, 0.25) is 0 Å². The van der Waals surface area contributed by atoms with E-state index in [0.717, 1.165) is 23.6 Å². The van der Waals surface area contributed by atoms with Gasteiger partial charge in [0.05, 0.1) is 5.69 Å². The quantitative estimate of drug-likeness (QED) is 0.387. The molecule has 6 heteroatoms. The summed E-state index contributed by atoms with van der Waals surface area (Å²) in [4.78, 5) is 13.3. The summed E-state index contributed by atoms with van der Waals surface area (Å²) in [5.41, 5.74) is 3.87. The van der Waals surface area contributed by atoms with Crippen molar-refractivity contribution in [3.05, 3.63) is 83.0 Å². The van der Waals surface area contributed by atoms with Gasteiger partial charge >= 0.3 is 0 Å². The van der Waals surface area contributed by atoms with Crippen LogP contribution in [0.5, 0.6) is 11.5 Å². The van der Waals surface area contributed by atoms with Crippen molar-refractivity contribution in [2.24, 2.45) is 5.41 Å². The number of rotatable bonds is 5. The molecule has 0 bridgehead atoms. The lowest BCUT2D eigenvalue weighted by Gasteiger charge is -2.33. The molecule has 1 unspecified atom stereocenters. The highest BCUT2D eigenvalue weighted by molar-refractivity contribution is 6.01. The average Bonchev–Trinajstić information content (AvgIpc) is 3.20. The molecular weight excluding hydrogens is 428 g/mol. The van der Waals surface area contributed by atoms with E-state index < -0.39 is 6.04 Å². The number of aromatic hydroxyl groups is 1. The van der Waals surface area contributed by atoms with Gasteiger partial charge in [0.2, 0.25) is 0 Å². The van der Waals surface area contributed by atoms with Crippen LogP contribution >= 0.6 is 0 Å². The number of allylic oxidation sites excluding steroid dienone is 1. The maximum absolute atomic E-state index is 13.3. The number of hydrogen-bond donors (Lipinski definition) is 3. The molecule has 0 spiro atoms. The molecule has 34 heavy (non-hydrogen) atoms. The third-order valence-corrected chi connectivity index (χ3v) is 6.51. The average molecular weight is 459 g/mol. The molecule has 0 amide bonds. The second kappa shape index (κ2) is 8.60. The number of anilines is 2. The van der Waals surface area contributed by atoms with Gasteiger partial charge in [-0.05, 0) is 60.2 Å². The first-order chi connectivity index (χ1) is 16.3. The van der Waals surface area contributed by atoms with Crippen LogP contribution < -0.4 is 15.4 Å². The van der Waals surface area contributed by atoms with E-state index in [1.165, 1.54) is 5.56 Å². The lowest BCUT2D eigenvalue weighted by atomic mass is 9.74. The Kier molecular flexibility index (Phi) is 5.60. The first kappa shape index (κ1) is 22.1. The zero-order valence-corrected chi connectivity index (χ0v) is 19.8. The van der Waals surface area contributed by atoms with E-state index in [9.17, 15) is 9.90 Å². The maximum atomic E-state index is 13.3. The number of aryl methyl sites for hydroxylation is 1. The Morgan fingerprint density at radius 1 is 1.09 bits per heavy atom. The molecule has 0 radical (unpaired) electrons. The van der Waals surface area contributed by atoms with Gasteiger partial charge in [0, 0.05) is 17.7 Å². The highest BCUT2D eigenvalue weighted by atomic mass is 16.5. The summed E-state index contributed by atoms with van der Waals surface area (Å²) in [6, 6.07) is 16.7. The molecule has 176 valence electrons. The number of phenols is 1. The number of benzene rings is 2. The lowest BCUT2D eigenvalue weighted by molar-refractivity contribution is -0.118. The Bertz CT molecular complexity index is 1250. The van der Waals surface area contributed by atoms with Crippen molar-refractivity contribution in [2.75, 3.05) is 10.6 Å². The Labute approximate surface area is 199 Å². The predicted octanol–water partition coefficient (Wildman–Crippen LogP) is 6.35. The minimum atomic E-state index is -0.466. The summed E-state index contributed by atoms with van der Waals surface area (Å²) in [5.74, 6) is 2.31. The largest absolute Gasteiger partial charge is 0.506 e. The van der Waals surface area contributed by atoms with Crippen LogP contribution in [0.15, 0.2) is 70.3 Å². The van der Waals surface area contributed by atoms with Crippen molar-refractivity contribution < 1.29 is 19.1 Å². The van der Waals surface area contributed by atoms with Crippen molar-refractivity contribution in [1.29, 1.82) is 0 Å². The van der Waals surface area contributed by atoms with E-state index >= 15 is 0 Å². The third kappa shape index (κ3) is 4.28. The topological polar surface area (TPSA) is 83.7 Å². The van der Waals surface area contributed by atoms with Crippen LogP contribution in [0.1, 0.15) is 56.7 Å². The van der Waals surface area contributed by atoms with Crippen LogP contribution in [-0.4, -0.2) is 10.9 Å². The van der Waals surface area contributed by atoms with E-state index in [2.05, 4.69) is 43.5 Å². The fraction of sp³-hybridized carbons (Fsp3) is 0.321. The van der Waals surface area contributed by atoms with Crippen molar-refractivity contribution in [2.45, 2.75) is 52.7 Å². The van der Waals surface area contributed by atoms with E-state index in [4.69, 9.17) is 9.15 Å². The minimum absolute atomic E-state index is 0.0776. The van der Waals surface area contributed by atoms with Crippen molar-refractivity contribution in [1.82, 2.24) is 0 Å². The molecule has 6 nitrogen and oxygen atoms in total. The molecule has 5 rings (SSSR count). The van der Waals surface area contributed by atoms with E-state index in [1.807, 2.05) is 30.3 Å². The van der Waals surface area contributed by atoms with Gasteiger partial charge in [-0.1, -0.05) is 39.0 Å². The number of ketones is 1. The van der Waals surface area contributed by atoms with Gasteiger partial charge in [0.15, 0.2) is 5.78 Å². The van der Waals surface area contributed by atoms with Crippen molar-refractivity contribution in [3.63, 3.8) is 0 Å². The first-order valence-electron chi connectivity index (χ1n) is 11.7. The van der Waals surface area contributed by atoms with Gasteiger partial charge < -0.3 is 24.9 Å². The number of phenolic OH excluding ortho intramolecular Hbond substituents is 1. The Morgan fingerprint density at radius 2 is 1.88 bits per heavy atom. The summed E-state index contributed by atoms with van der Waals surface area (Å²) in [5, 5.41) is 17.3. The fourth-order valence-electron chi connectivity index (χ4n) is 4.77. The molecule has 0 fully saturated rings. The second-order valence-electron chi connectivity index (χ2n) is 9.83. The number of Topliss-reactive ketones (excluding diaryl/α,β-unsaturated/α-hetero) is 1. The van der Waals surface area contributed by atoms with Crippen molar-refractivity contribution >= 4 is 17.2 Å². The monoisotopic (exact) mass is 458 g/mol. The molecule has 3 aromatic rings. The number of ether oxygens (including phenoxy) is 1. The number of carbonyl (C=O) groups excluding carboxylic acids is 1. The van der Waals surface area contributed by atoms with E-state index in [1.54, 1.807) is 12.1 Å². The number of nitrogens with one attached hydrogen (secondary N) is 2. The Balaban J connectivity index is 1.45.